The van der Waals surface area contributed by atoms with Crippen LogP contribution in [0.1, 0.15) is 38.4 Å². The fraction of sp³-hybridized carbons (Fsp3) is 0.571. The number of rotatable bonds is 6. The topological polar surface area (TPSA) is 38.7 Å². The van der Waals surface area contributed by atoms with Crippen LogP contribution in [-0.4, -0.2) is 24.9 Å². The predicted molar refractivity (Wildman–Crippen MR) is 73.3 cm³/mol. The Morgan fingerprint density at radius 3 is 2.33 bits per heavy atom. The van der Waals surface area contributed by atoms with E-state index in [9.17, 15) is 5.11 Å². The van der Waals surface area contributed by atoms with E-state index in [2.05, 4.69) is 0 Å². The Morgan fingerprint density at radius 1 is 1.28 bits per heavy atom. The Labute approximate surface area is 114 Å². The van der Waals surface area contributed by atoms with Gasteiger partial charge < -0.3 is 14.6 Å². The summed E-state index contributed by atoms with van der Waals surface area (Å²) < 4.78 is 10.7. The third-order valence-corrected chi connectivity index (χ3v) is 3.90. The summed E-state index contributed by atoms with van der Waals surface area (Å²) in [5.74, 6) is 0.561. The first-order valence-corrected chi connectivity index (χ1v) is 6.49. The molecule has 3 nitrogen and oxygen atoms in total. The number of ether oxygens (including phenoxy) is 2. The van der Waals surface area contributed by atoms with E-state index < -0.39 is 11.7 Å². The summed E-state index contributed by atoms with van der Waals surface area (Å²) in [4.78, 5) is 0. The van der Waals surface area contributed by atoms with Crippen molar-refractivity contribution in [3.63, 3.8) is 0 Å². The number of aliphatic hydroxyl groups excluding tert-OH is 1. The van der Waals surface area contributed by atoms with Crippen LogP contribution in [0.4, 0.5) is 0 Å². The largest absolute Gasteiger partial charge is 0.495 e. The second-order valence-electron chi connectivity index (χ2n) is 4.27. The summed E-state index contributed by atoms with van der Waals surface area (Å²) in [6.07, 6.45) is 0.752. The Balaban J connectivity index is 3.12. The minimum atomic E-state index is -0.705. The lowest BCUT2D eigenvalue weighted by Crippen LogP contribution is -2.37. The average molecular weight is 273 g/mol. The van der Waals surface area contributed by atoms with Gasteiger partial charge in [-0.25, -0.2) is 0 Å². The molecular formula is C14H21ClO3. The van der Waals surface area contributed by atoms with E-state index in [0.29, 0.717) is 10.8 Å². The lowest BCUT2D eigenvalue weighted by Gasteiger charge is -2.35. The first-order valence-electron chi connectivity index (χ1n) is 6.11. The van der Waals surface area contributed by atoms with Crippen molar-refractivity contribution < 1.29 is 14.6 Å². The Bertz CT molecular complexity index is 380. The SMILES string of the molecule is CCC(CC)(OC)C(O)c1ccc(Cl)c(OC)c1. The van der Waals surface area contributed by atoms with Crippen molar-refractivity contribution >= 4 is 11.6 Å². The van der Waals surface area contributed by atoms with E-state index in [4.69, 9.17) is 21.1 Å². The maximum absolute atomic E-state index is 10.5. The van der Waals surface area contributed by atoms with Crippen LogP contribution in [0.25, 0.3) is 0 Å². The second-order valence-corrected chi connectivity index (χ2v) is 4.68. The van der Waals surface area contributed by atoms with Crippen LogP contribution in [0.5, 0.6) is 5.75 Å². The molecule has 4 heteroatoms. The predicted octanol–water partition coefficient (Wildman–Crippen LogP) is 3.59. The maximum atomic E-state index is 10.5. The highest BCUT2D eigenvalue weighted by atomic mass is 35.5. The van der Waals surface area contributed by atoms with Gasteiger partial charge >= 0.3 is 0 Å². The molecule has 0 radical (unpaired) electrons. The third-order valence-electron chi connectivity index (χ3n) is 3.59. The molecule has 18 heavy (non-hydrogen) atoms. The van der Waals surface area contributed by atoms with Crippen molar-refractivity contribution in [3.8, 4) is 5.75 Å². The number of benzene rings is 1. The fourth-order valence-corrected chi connectivity index (χ4v) is 2.38. The van der Waals surface area contributed by atoms with Crippen molar-refractivity contribution in [2.45, 2.75) is 38.4 Å². The second kappa shape index (κ2) is 6.41. The van der Waals surface area contributed by atoms with E-state index in [1.807, 2.05) is 13.8 Å². The molecule has 0 fully saturated rings. The lowest BCUT2D eigenvalue weighted by molar-refractivity contribution is -0.109. The Hall–Kier alpha value is -0.770. The molecule has 0 saturated carbocycles. The molecule has 0 aliphatic heterocycles. The molecule has 0 saturated heterocycles. The van der Waals surface area contributed by atoms with Crippen LogP contribution in [-0.2, 0) is 4.74 Å². The molecule has 102 valence electrons. The van der Waals surface area contributed by atoms with Crippen molar-refractivity contribution in [2.75, 3.05) is 14.2 Å². The molecule has 1 aromatic rings. The fourth-order valence-electron chi connectivity index (χ4n) is 2.19. The summed E-state index contributed by atoms with van der Waals surface area (Å²) in [6.45, 7) is 4.01. The zero-order valence-corrected chi connectivity index (χ0v) is 12.1. The molecule has 0 amide bonds. The lowest BCUT2D eigenvalue weighted by atomic mass is 9.86. The van der Waals surface area contributed by atoms with E-state index in [1.165, 1.54) is 0 Å². The smallest absolute Gasteiger partial charge is 0.137 e. The molecule has 0 aliphatic carbocycles. The van der Waals surface area contributed by atoms with Gasteiger partial charge in [-0.1, -0.05) is 31.5 Å². The van der Waals surface area contributed by atoms with Gasteiger partial charge in [0.15, 0.2) is 0 Å². The summed E-state index contributed by atoms with van der Waals surface area (Å²) in [7, 11) is 3.18. The van der Waals surface area contributed by atoms with Gasteiger partial charge in [0.05, 0.1) is 17.7 Å². The van der Waals surface area contributed by atoms with Crippen molar-refractivity contribution in [1.82, 2.24) is 0 Å². The number of halogens is 1. The first kappa shape index (κ1) is 15.3. The molecule has 0 aliphatic rings. The Kier molecular flexibility index (Phi) is 5.45. The monoisotopic (exact) mass is 272 g/mol. The highest BCUT2D eigenvalue weighted by Gasteiger charge is 2.35. The summed E-state index contributed by atoms with van der Waals surface area (Å²) in [6, 6.07) is 5.28. The Morgan fingerprint density at radius 2 is 1.89 bits per heavy atom. The van der Waals surface area contributed by atoms with Crippen LogP contribution < -0.4 is 4.74 Å². The molecule has 0 aromatic heterocycles. The number of hydrogen-bond acceptors (Lipinski definition) is 3. The quantitative estimate of drug-likeness (QED) is 0.860. The maximum Gasteiger partial charge on any atom is 0.137 e. The van der Waals surface area contributed by atoms with E-state index in [0.717, 1.165) is 18.4 Å². The molecule has 1 unspecified atom stereocenters. The first-order chi connectivity index (χ1) is 8.54. The van der Waals surface area contributed by atoms with Crippen molar-refractivity contribution in [1.29, 1.82) is 0 Å². The van der Waals surface area contributed by atoms with E-state index in [1.54, 1.807) is 32.4 Å². The van der Waals surface area contributed by atoms with Crippen molar-refractivity contribution in [2.24, 2.45) is 0 Å². The van der Waals surface area contributed by atoms with Gasteiger partial charge in [-0.05, 0) is 30.5 Å². The third kappa shape index (κ3) is 2.79. The van der Waals surface area contributed by atoms with Gasteiger partial charge in [-0.3, -0.25) is 0 Å². The summed E-state index contributed by atoms with van der Waals surface area (Å²) in [5.41, 5.74) is 0.181. The van der Waals surface area contributed by atoms with Gasteiger partial charge in [0.1, 0.15) is 11.9 Å². The molecule has 1 rings (SSSR count). The minimum Gasteiger partial charge on any atom is -0.495 e. The summed E-state index contributed by atoms with van der Waals surface area (Å²) >= 11 is 5.98. The molecule has 1 atom stereocenters. The molecule has 0 spiro atoms. The number of methoxy groups -OCH3 is 2. The number of hydrogen-bond donors (Lipinski definition) is 1. The molecule has 1 N–H and O–H groups in total. The van der Waals surface area contributed by atoms with Gasteiger partial charge in [0, 0.05) is 7.11 Å². The molecule has 1 aromatic carbocycles. The highest BCUT2D eigenvalue weighted by Crippen LogP contribution is 2.37. The van der Waals surface area contributed by atoms with Crippen LogP contribution in [0.2, 0.25) is 5.02 Å². The standard InChI is InChI=1S/C14H21ClO3/c1-5-14(6-2,18-4)13(16)10-7-8-11(15)12(9-10)17-3/h7-9,13,16H,5-6H2,1-4H3. The average Bonchev–Trinajstić information content (AvgIpc) is 2.41. The van der Waals surface area contributed by atoms with Crippen LogP contribution in [0.3, 0.4) is 0 Å². The van der Waals surface area contributed by atoms with Gasteiger partial charge in [0.2, 0.25) is 0 Å². The number of aliphatic hydroxyl groups is 1. The zero-order chi connectivity index (χ0) is 13.8. The van der Waals surface area contributed by atoms with Crippen LogP contribution in [0.15, 0.2) is 18.2 Å². The van der Waals surface area contributed by atoms with Crippen LogP contribution in [0, 0.1) is 0 Å². The highest BCUT2D eigenvalue weighted by molar-refractivity contribution is 6.32. The van der Waals surface area contributed by atoms with E-state index >= 15 is 0 Å². The van der Waals surface area contributed by atoms with Gasteiger partial charge in [-0.15, -0.1) is 0 Å². The van der Waals surface area contributed by atoms with Crippen molar-refractivity contribution in [3.05, 3.63) is 28.8 Å². The normalized spacial score (nSPS) is 13.4. The van der Waals surface area contributed by atoms with Gasteiger partial charge in [0.25, 0.3) is 0 Å². The molecular weight excluding hydrogens is 252 g/mol. The zero-order valence-electron chi connectivity index (χ0n) is 11.4. The minimum absolute atomic E-state index is 0.532. The summed E-state index contributed by atoms with van der Waals surface area (Å²) in [5, 5.41) is 11.0. The molecule has 0 heterocycles. The molecule has 0 bridgehead atoms. The van der Waals surface area contributed by atoms with Crippen LogP contribution >= 0.6 is 11.6 Å². The van der Waals surface area contributed by atoms with Gasteiger partial charge in [-0.2, -0.15) is 0 Å². The van der Waals surface area contributed by atoms with E-state index in [-0.39, 0.29) is 0 Å².